The summed E-state index contributed by atoms with van der Waals surface area (Å²) in [6.45, 7) is 0.510. The molecular formula is C13H18O2. The molecule has 0 unspecified atom stereocenters. The highest BCUT2D eigenvalue weighted by molar-refractivity contribution is 5.88. The van der Waals surface area contributed by atoms with Gasteiger partial charge in [0.05, 0.1) is 0 Å². The molecule has 0 aliphatic heterocycles. The van der Waals surface area contributed by atoms with Crippen LogP contribution >= 0.6 is 0 Å². The fraction of sp³-hybridized carbons (Fsp3) is 0.615. The molecule has 2 aliphatic rings. The Morgan fingerprint density at radius 1 is 1.13 bits per heavy atom. The first kappa shape index (κ1) is 10.5. The van der Waals surface area contributed by atoms with Crippen molar-refractivity contribution in [2.45, 2.75) is 44.9 Å². The van der Waals surface area contributed by atoms with Gasteiger partial charge >= 0.3 is 5.97 Å². The number of hydrogen-bond acceptors (Lipinski definition) is 2. The quantitative estimate of drug-likeness (QED) is 0.524. The van der Waals surface area contributed by atoms with Gasteiger partial charge in [-0.1, -0.05) is 12.2 Å². The van der Waals surface area contributed by atoms with Crippen molar-refractivity contribution in [2.24, 2.45) is 0 Å². The van der Waals surface area contributed by atoms with E-state index in [1.54, 1.807) is 0 Å². The van der Waals surface area contributed by atoms with Crippen molar-refractivity contribution in [2.75, 3.05) is 6.61 Å². The van der Waals surface area contributed by atoms with E-state index in [0.29, 0.717) is 6.61 Å². The second-order valence-electron chi connectivity index (χ2n) is 4.31. The lowest BCUT2D eigenvalue weighted by atomic mass is 10.00. The van der Waals surface area contributed by atoms with Crippen LogP contribution < -0.4 is 0 Å². The van der Waals surface area contributed by atoms with E-state index in [-0.39, 0.29) is 5.97 Å². The summed E-state index contributed by atoms with van der Waals surface area (Å²) in [6, 6.07) is 0. The van der Waals surface area contributed by atoms with E-state index in [9.17, 15) is 4.79 Å². The maximum Gasteiger partial charge on any atom is 0.333 e. The van der Waals surface area contributed by atoms with E-state index < -0.39 is 0 Å². The molecule has 0 atom stereocenters. The topological polar surface area (TPSA) is 26.3 Å². The minimum absolute atomic E-state index is 0.0949. The van der Waals surface area contributed by atoms with Crippen molar-refractivity contribution < 1.29 is 9.53 Å². The van der Waals surface area contributed by atoms with Gasteiger partial charge in [0.15, 0.2) is 0 Å². The van der Waals surface area contributed by atoms with Gasteiger partial charge in [-0.15, -0.1) is 0 Å². The van der Waals surface area contributed by atoms with Crippen LogP contribution in [0.15, 0.2) is 23.3 Å². The van der Waals surface area contributed by atoms with Gasteiger partial charge in [-0.3, -0.25) is 0 Å². The first-order chi connectivity index (χ1) is 7.36. The maximum atomic E-state index is 11.6. The Morgan fingerprint density at radius 2 is 2.00 bits per heavy atom. The van der Waals surface area contributed by atoms with Gasteiger partial charge in [0.2, 0.25) is 0 Å². The van der Waals surface area contributed by atoms with E-state index in [0.717, 1.165) is 37.7 Å². The minimum Gasteiger partial charge on any atom is -0.458 e. The standard InChI is InChI=1S/C13H18O2/c14-13(12-8-2-1-3-9-12)15-10-11-6-4-5-7-11/h6,8H,1-5,7,9-10H2. The van der Waals surface area contributed by atoms with Crippen LogP contribution in [0.1, 0.15) is 44.9 Å². The third kappa shape index (κ3) is 2.95. The van der Waals surface area contributed by atoms with Crippen LogP contribution in [0.3, 0.4) is 0 Å². The Kier molecular flexibility index (Phi) is 3.59. The second-order valence-corrected chi connectivity index (χ2v) is 4.31. The number of allylic oxidation sites excluding steroid dienone is 2. The zero-order valence-electron chi connectivity index (χ0n) is 9.13. The first-order valence-electron chi connectivity index (χ1n) is 5.90. The third-order valence-electron chi connectivity index (χ3n) is 3.08. The summed E-state index contributed by atoms with van der Waals surface area (Å²) in [7, 11) is 0. The fourth-order valence-corrected chi connectivity index (χ4v) is 2.14. The summed E-state index contributed by atoms with van der Waals surface area (Å²) < 4.78 is 5.29. The van der Waals surface area contributed by atoms with E-state index in [1.165, 1.54) is 18.4 Å². The van der Waals surface area contributed by atoms with Gasteiger partial charge in [-0.25, -0.2) is 4.79 Å². The lowest BCUT2D eigenvalue weighted by Gasteiger charge is -2.12. The van der Waals surface area contributed by atoms with Crippen LogP contribution in [0.5, 0.6) is 0 Å². The predicted molar refractivity (Wildman–Crippen MR) is 59.4 cm³/mol. The number of rotatable bonds is 3. The second kappa shape index (κ2) is 5.15. The highest BCUT2D eigenvalue weighted by Gasteiger charge is 2.14. The van der Waals surface area contributed by atoms with Crippen LogP contribution in [0.25, 0.3) is 0 Å². The number of esters is 1. The number of ether oxygens (including phenoxy) is 1. The predicted octanol–water partition coefficient (Wildman–Crippen LogP) is 3.14. The zero-order valence-corrected chi connectivity index (χ0v) is 9.13. The normalized spacial score (nSPS) is 20.8. The smallest absolute Gasteiger partial charge is 0.333 e. The molecule has 0 heterocycles. The Balaban J connectivity index is 1.78. The zero-order chi connectivity index (χ0) is 10.5. The molecule has 0 saturated heterocycles. The Morgan fingerprint density at radius 3 is 2.67 bits per heavy atom. The molecule has 0 fully saturated rings. The summed E-state index contributed by atoms with van der Waals surface area (Å²) in [6.07, 6.45) is 12.0. The van der Waals surface area contributed by atoms with Crippen molar-refractivity contribution in [1.82, 2.24) is 0 Å². The average Bonchev–Trinajstić information content (AvgIpc) is 2.80. The minimum atomic E-state index is -0.0949. The molecule has 15 heavy (non-hydrogen) atoms. The van der Waals surface area contributed by atoms with Crippen molar-refractivity contribution in [1.29, 1.82) is 0 Å². The van der Waals surface area contributed by atoms with Gasteiger partial charge in [0.1, 0.15) is 6.61 Å². The van der Waals surface area contributed by atoms with Crippen molar-refractivity contribution >= 4 is 5.97 Å². The Bertz CT molecular complexity index is 300. The van der Waals surface area contributed by atoms with Crippen molar-refractivity contribution in [3.05, 3.63) is 23.3 Å². The van der Waals surface area contributed by atoms with Gasteiger partial charge in [-0.2, -0.15) is 0 Å². The molecule has 0 saturated carbocycles. The summed E-state index contributed by atoms with van der Waals surface area (Å²) in [5, 5.41) is 0. The molecule has 0 aromatic rings. The average molecular weight is 206 g/mol. The molecule has 0 aromatic carbocycles. The monoisotopic (exact) mass is 206 g/mol. The van der Waals surface area contributed by atoms with E-state index in [2.05, 4.69) is 6.08 Å². The van der Waals surface area contributed by atoms with Crippen molar-refractivity contribution in [3.63, 3.8) is 0 Å². The van der Waals surface area contributed by atoms with Crippen LogP contribution in [0.2, 0.25) is 0 Å². The molecule has 82 valence electrons. The molecule has 2 aliphatic carbocycles. The highest BCUT2D eigenvalue weighted by atomic mass is 16.5. The number of hydrogen-bond donors (Lipinski definition) is 0. The van der Waals surface area contributed by atoms with Crippen LogP contribution in [-0.2, 0) is 9.53 Å². The molecule has 0 bridgehead atoms. The molecule has 0 spiro atoms. The van der Waals surface area contributed by atoms with Crippen LogP contribution in [0, 0.1) is 0 Å². The van der Waals surface area contributed by atoms with Gasteiger partial charge in [-0.05, 0) is 50.5 Å². The van der Waals surface area contributed by atoms with Gasteiger partial charge < -0.3 is 4.74 Å². The maximum absolute atomic E-state index is 11.6. The lowest BCUT2D eigenvalue weighted by molar-refractivity contribution is -0.138. The van der Waals surface area contributed by atoms with Crippen LogP contribution in [0.4, 0.5) is 0 Å². The van der Waals surface area contributed by atoms with E-state index in [1.807, 2.05) is 6.08 Å². The van der Waals surface area contributed by atoms with E-state index in [4.69, 9.17) is 4.74 Å². The van der Waals surface area contributed by atoms with E-state index >= 15 is 0 Å². The molecule has 0 radical (unpaired) electrons. The lowest BCUT2D eigenvalue weighted by Crippen LogP contribution is -2.11. The third-order valence-corrected chi connectivity index (χ3v) is 3.08. The first-order valence-corrected chi connectivity index (χ1v) is 5.90. The molecule has 2 rings (SSSR count). The summed E-state index contributed by atoms with van der Waals surface area (Å²) in [4.78, 5) is 11.6. The molecular weight excluding hydrogens is 188 g/mol. The molecule has 0 aromatic heterocycles. The Hall–Kier alpha value is -1.05. The highest BCUT2D eigenvalue weighted by Crippen LogP contribution is 2.21. The Labute approximate surface area is 91.0 Å². The molecule has 0 N–H and O–H groups in total. The summed E-state index contributed by atoms with van der Waals surface area (Å²) in [5.41, 5.74) is 2.18. The van der Waals surface area contributed by atoms with Crippen molar-refractivity contribution in [3.8, 4) is 0 Å². The molecule has 0 amide bonds. The number of carbonyl (C=O) groups excluding carboxylic acids is 1. The SMILES string of the molecule is O=C(OCC1=CCCC1)C1=CCCCC1. The fourth-order valence-electron chi connectivity index (χ4n) is 2.14. The number of carbonyl (C=O) groups is 1. The largest absolute Gasteiger partial charge is 0.458 e. The summed E-state index contributed by atoms with van der Waals surface area (Å²) >= 11 is 0. The van der Waals surface area contributed by atoms with Gasteiger partial charge in [0, 0.05) is 5.57 Å². The van der Waals surface area contributed by atoms with Crippen LogP contribution in [-0.4, -0.2) is 12.6 Å². The molecule has 2 heteroatoms. The summed E-state index contributed by atoms with van der Waals surface area (Å²) in [5.74, 6) is -0.0949. The van der Waals surface area contributed by atoms with Gasteiger partial charge in [0.25, 0.3) is 0 Å². The molecule has 2 nitrogen and oxygen atoms in total.